The molecular weight excluding hydrogens is 1660 g/mol. The molecule has 568 valence electrons. The number of aliphatic imine (C=N–C) groups is 3. The molecule has 6 aromatic heterocycles. The SMILES string of the molecule is CCCC1=NC(n2c([S][InH])nc(C)c2C)=CC1(c1ccccc1)c1ccccc1.CCCC1=NC(n2nc(C(F)(F)F)cc2[O][AlH])=NC1(C(F)(F)F)C(F)(F)F.CCCc1nc(-n2c([O][AlH])nc(-c3ccccc3)c2-c2ccccc2)no1.Cc1cc(C)c(-n2cc(-n3nc4ccccc4c3[O][GaH])nc2CCF)c(C)c1. The van der Waals surface area contributed by atoms with E-state index in [9.17, 15) is 43.9 Å². The van der Waals surface area contributed by atoms with Gasteiger partial charge in [0.05, 0.1) is 11.4 Å². The Hall–Kier alpha value is -8.86. The monoisotopic (exact) mass is 1730 g/mol. The zero-order valence-electron chi connectivity index (χ0n) is 61.8. The van der Waals surface area contributed by atoms with Crippen LogP contribution in [0.25, 0.3) is 56.7 Å². The zero-order valence-corrected chi connectivity index (χ0v) is 72.4. The van der Waals surface area contributed by atoms with Crippen molar-refractivity contribution in [1.82, 2.24) is 58.4 Å². The van der Waals surface area contributed by atoms with Crippen LogP contribution in [0, 0.1) is 34.6 Å². The van der Waals surface area contributed by atoms with Crippen LogP contribution in [-0.4, -0.2) is 175 Å². The minimum atomic E-state index is -5.92. The second-order valence-electron chi connectivity index (χ2n) is 25.7. The molecular formula is C77H73Al2F10GaInN15O4S. The van der Waals surface area contributed by atoms with Crippen molar-refractivity contribution in [1.29, 1.82) is 0 Å². The van der Waals surface area contributed by atoms with Crippen molar-refractivity contribution in [2.75, 3.05) is 6.67 Å². The van der Waals surface area contributed by atoms with Crippen LogP contribution in [0.15, 0.2) is 201 Å². The third-order valence-corrected chi connectivity index (χ3v) is 22.1. The first-order valence-electron chi connectivity index (χ1n) is 35.1. The van der Waals surface area contributed by atoms with E-state index >= 15 is 0 Å². The number of halogens is 10. The molecule has 0 amide bonds. The van der Waals surface area contributed by atoms with Crippen LogP contribution < -0.4 is 11.1 Å². The Balaban J connectivity index is 0.000000147. The summed E-state index contributed by atoms with van der Waals surface area (Å²) < 4.78 is 161. The summed E-state index contributed by atoms with van der Waals surface area (Å²) in [5, 5.41) is 13.8. The van der Waals surface area contributed by atoms with E-state index in [1.807, 2.05) is 109 Å². The molecule has 111 heavy (non-hydrogen) atoms. The van der Waals surface area contributed by atoms with Crippen molar-refractivity contribution in [3.8, 4) is 57.7 Å². The fourth-order valence-corrected chi connectivity index (χ4v) is 16.5. The molecule has 0 aliphatic carbocycles. The first kappa shape index (κ1) is 83.1. The standard InChI is InChI=1S/C24H25N3S.C21H21FN4O.C20H18N4O2.C12H9F9N4O.2Al.Ga.In.4H/c1-4-11-21-24(19-12-7-5-8-13-19,20-14-9-6-10-15-20)16-22(26-21)27-18(3)17(2)25-23(27)28;1-13-10-14(2)20(15(3)11-13)25-12-19(23-18(25)8-9-22)26-21(27)16-6-4-5-7-17(16)24-26;1-2-9-16-21-19(23-26-16)24-18(15-12-7-4-8-13-15)17(22-20(24)25)14-10-5-3-6-11-14;1-2-3-5-9(11(16,17)18,12(19,20)21)23-8(22-5)25-7(26)4-6(24-25)10(13,14)15;;;;;;;;/h5-10,12-16H,4,11H2,1-3H3,(H,25,28);4-7,10-12,27H,8-9H2,1-3H3;3-8,10-13H,2,9H2,1H3,(H,22,25);4,26H,2-3H2,1H3;;;;;;;;/q;;;;4*+1;;;;/p-4. The van der Waals surface area contributed by atoms with Gasteiger partial charge < -0.3 is 12.1 Å². The normalized spacial score (nSPS) is 13.8. The summed E-state index contributed by atoms with van der Waals surface area (Å²) >= 11 is 3.42. The van der Waals surface area contributed by atoms with Crippen LogP contribution >= 0.6 is 8.59 Å². The Bertz CT molecular complexity index is 5300. The van der Waals surface area contributed by atoms with E-state index in [1.54, 1.807) is 4.68 Å². The van der Waals surface area contributed by atoms with Crippen LogP contribution in [0.5, 0.6) is 17.8 Å². The molecule has 6 aromatic carbocycles. The number of nitrogens with zero attached hydrogens (tertiary/aromatic N) is 15. The summed E-state index contributed by atoms with van der Waals surface area (Å²) in [7, 11) is 1.84. The van der Waals surface area contributed by atoms with Crippen LogP contribution in [0.4, 0.5) is 43.9 Å². The second-order valence-corrected chi connectivity index (χ2v) is 30.0. The number of aryl methyl sites for hydroxylation is 6. The molecule has 4 radical (unpaired) electrons. The molecule has 0 saturated carbocycles. The van der Waals surface area contributed by atoms with Gasteiger partial charge in [0.15, 0.2) is 11.6 Å². The molecule has 8 heterocycles. The predicted octanol–water partition coefficient (Wildman–Crippen LogP) is 16.4. The van der Waals surface area contributed by atoms with Gasteiger partial charge in [-0.3, -0.25) is 0 Å². The van der Waals surface area contributed by atoms with Crippen LogP contribution in [0.3, 0.4) is 0 Å². The van der Waals surface area contributed by atoms with Crippen molar-refractivity contribution >= 4 is 118 Å². The third kappa shape index (κ3) is 17.1. The molecule has 0 unspecified atom stereocenters. The molecule has 0 spiro atoms. The first-order chi connectivity index (χ1) is 53.1. The number of alkyl halides is 10. The average molecular weight is 1730 g/mol. The van der Waals surface area contributed by atoms with E-state index in [0.717, 1.165) is 116 Å². The number of allylic oxidation sites excluding steroid dienone is 1. The Morgan fingerprint density at radius 3 is 1.75 bits per heavy atom. The van der Waals surface area contributed by atoms with Gasteiger partial charge in [-0.15, -0.1) is 0 Å². The molecule has 2 aliphatic rings. The van der Waals surface area contributed by atoms with Gasteiger partial charge in [-0.2, -0.15) is 59.3 Å². The molecule has 0 N–H and O–H groups in total. The number of aromatic nitrogens is 12. The Morgan fingerprint density at radius 2 is 1.20 bits per heavy atom. The van der Waals surface area contributed by atoms with Gasteiger partial charge in [0, 0.05) is 23.6 Å². The van der Waals surface area contributed by atoms with E-state index in [0.29, 0.717) is 77.0 Å². The molecule has 0 saturated heterocycles. The number of fused-ring (bicyclic) bond motifs is 1. The summed E-state index contributed by atoms with van der Waals surface area (Å²) in [6, 6.07) is 54.5. The van der Waals surface area contributed by atoms with Gasteiger partial charge in [-0.1, -0.05) is 80.9 Å². The molecule has 19 nitrogen and oxygen atoms in total. The van der Waals surface area contributed by atoms with Crippen molar-refractivity contribution in [3.63, 3.8) is 0 Å². The number of benzene rings is 6. The van der Waals surface area contributed by atoms with E-state index in [4.69, 9.17) is 31.8 Å². The molecule has 34 heteroatoms. The van der Waals surface area contributed by atoms with Gasteiger partial charge in [0.2, 0.25) is 5.89 Å². The predicted molar refractivity (Wildman–Crippen MR) is 414 cm³/mol. The van der Waals surface area contributed by atoms with Gasteiger partial charge in [-0.25, -0.2) is 14.6 Å². The number of hydrogen-bond donors (Lipinski definition) is 0. The molecule has 14 rings (SSSR count). The van der Waals surface area contributed by atoms with Crippen LogP contribution in [0.1, 0.15) is 109 Å². The fourth-order valence-electron chi connectivity index (χ4n) is 13.3. The van der Waals surface area contributed by atoms with Crippen molar-refractivity contribution in [2.45, 2.75) is 135 Å². The van der Waals surface area contributed by atoms with Gasteiger partial charge in [0.1, 0.15) is 5.69 Å². The summed E-state index contributed by atoms with van der Waals surface area (Å²) in [5.41, 5.74) is 7.06. The summed E-state index contributed by atoms with van der Waals surface area (Å²) in [5.74, 6) is 1.93. The first-order valence-corrected chi connectivity index (χ1v) is 43.4. The number of rotatable bonds is 20. The average Bonchev–Trinajstić information content (AvgIpc) is 1.58. The van der Waals surface area contributed by atoms with Gasteiger partial charge in [0.25, 0.3) is 23.5 Å². The molecule has 0 fully saturated rings. The topological polar surface area (TPSA) is 193 Å². The van der Waals surface area contributed by atoms with E-state index in [1.165, 1.54) is 51.6 Å². The maximum absolute atomic E-state index is 13.4. The minimum absolute atomic E-state index is 0.0602. The van der Waals surface area contributed by atoms with Crippen LogP contribution in [0.2, 0.25) is 0 Å². The van der Waals surface area contributed by atoms with Crippen molar-refractivity contribution in [3.05, 3.63) is 233 Å². The zero-order chi connectivity index (χ0) is 79.7. The van der Waals surface area contributed by atoms with Gasteiger partial charge >= 0.3 is 416 Å². The molecule has 0 bridgehead atoms. The fraction of sp³-hybridized carbons (Fsp3) is 0.273. The van der Waals surface area contributed by atoms with E-state index < -0.39 is 60.4 Å². The van der Waals surface area contributed by atoms with Gasteiger partial charge in [-0.05, 0) is 18.0 Å². The molecule has 2 aliphatic heterocycles. The Labute approximate surface area is 677 Å². The van der Waals surface area contributed by atoms with Crippen molar-refractivity contribution < 1.29 is 59.5 Å². The summed E-state index contributed by atoms with van der Waals surface area (Å²) in [6.07, 6.45) is -9.51. The number of imidazole rings is 3. The Morgan fingerprint density at radius 1 is 0.622 bits per heavy atom. The summed E-state index contributed by atoms with van der Waals surface area (Å²) in [6.45, 7) is 15.6. The van der Waals surface area contributed by atoms with E-state index in [-0.39, 0.29) is 22.9 Å². The van der Waals surface area contributed by atoms with Crippen LogP contribution in [-0.2, 0) is 24.4 Å². The second kappa shape index (κ2) is 35.5. The quantitative estimate of drug-likeness (QED) is 0.0519. The summed E-state index contributed by atoms with van der Waals surface area (Å²) in [4.78, 5) is 29.9. The van der Waals surface area contributed by atoms with Crippen molar-refractivity contribution in [2.24, 2.45) is 15.0 Å². The Kier molecular flexibility index (Phi) is 26.5. The van der Waals surface area contributed by atoms with E-state index in [2.05, 4.69) is 166 Å². The molecule has 0 atom stereocenters. The maximum atomic E-state index is 13.4. The third-order valence-electron chi connectivity index (χ3n) is 18.2. The molecule has 12 aromatic rings. The number of hydrogen-bond acceptors (Lipinski definition) is 15.